The van der Waals surface area contributed by atoms with Crippen molar-refractivity contribution in [2.45, 2.75) is 50.6 Å². The maximum Gasteiger partial charge on any atom is 0.318 e. The van der Waals surface area contributed by atoms with Crippen LogP contribution in [-0.4, -0.2) is 86.2 Å². The van der Waals surface area contributed by atoms with Crippen LogP contribution in [0.1, 0.15) is 44.6 Å². The number of hydrogen-bond acceptors (Lipinski definition) is 9. The quantitative estimate of drug-likeness (QED) is 0.257. The van der Waals surface area contributed by atoms with Gasteiger partial charge < -0.3 is 25.6 Å². The minimum atomic E-state index is -0.657. The van der Waals surface area contributed by atoms with Crippen molar-refractivity contribution >= 4 is 34.7 Å². The molecule has 0 spiro atoms. The van der Waals surface area contributed by atoms with Crippen LogP contribution in [0.15, 0.2) is 60.9 Å². The number of rotatable bonds is 7. The van der Waals surface area contributed by atoms with E-state index >= 15 is 0 Å². The number of likely N-dealkylation sites (tertiary alicyclic amines) is 2. The van der Waals surface area contributed by atoms with E-state index in [-0.39, 0.29) is 24.4 Å². The fourth-order valence-electron chi connectivity index (χ4n) is 6.91. The number of nitrogen functional groups attached to an aromatic ring is 1. The van der Waals surface area contributed by atoms with Gasteiger partial charge >= 0.3 is 6.03 Å². The maximum atomic E-state index is 12.8. The van der Waals surface area contributed by atoms with Crippen LogP contribution in [0, 0.1) is 5.92 Å². The molecule has 3 aliphatic heterocycles. The molecule has 2 atom stereocenters. The van der Waals surface area contributed by atoms with Gasteiger partial charge in [-0.3, -0.25) is 14.9 Å². The third kappa shape index (κ3) is 6.75. The summed E-state index contributed by atoms with van der Waals surface area (Å²) >= 11 is 0. The fraction of sp³-hybridized carbons (Fsp3) is 0.412. The molecule has 4 aromatic rings. The molecule has 7 rings (SSSR count). The Morgan fingerprint density at radius 2 is 1.72 bits per heavy atom. The van der Waals surface area contributed by atoms with Gasteiger partial charge in [-0.1, -0.05) is 18.2 Å². The second-order valence-electron chi connectivity index (χ2n) is 12.6. The molecule has 2 unspecified atom stereocenters. The van der Waals surface area contributed by atoms with Gasteiger partial charge in [-0.2, -0.15) is 5.10 Å². The Balaban J connectivity index is 0.992. The highest BCUT2D eigenvalue weighted by atomic mass is 16.5. The number of benzene rings is 2. The van der Waals surface area contributed by atoms with Gasteiger partial charge in [-0.05, 0) is 81.0 Å². The standard InChI is InChI=1S/C34H39N9O4/c35-31-29-30(23-8-10-26(11-9-23)47-25-6-2-1-3-7-25)40-43(32(29)37-21-36-31)24-5-4-16-41(20-24)19-22-14-17-42(18-15-22)34(46)38-27-12-13-28(44)39-33(27)45/h1-3,6-11,21-22,24,27H,4-5,12-20H2,(H,38,46)(H2,35,36,37)(H,39,44,45). The van der Waals surface area contributed by atoms with Gasteiger partial charge in [-0.15, -0.1) is 0 Å². The van der Waals surface area contributed by atoms with Crippen molar-refractivity contribution in [1.82, 2.24) is 40.2 Å². The normalized spacial score (nSPS) is 21.1. The Labute approximate surface area is 272 Å². The van der Waals surface area contributed by atoms with Crippen LogP contribution >= 0.6 is 0 Å². The molecular weight excluding hydrogens is 598 g/mol. The van der Waals surface area contributed by atoms with E-state index in [1.807, 2.05) is 59.3 Å². The van der Waals surface area contributed by atoms with Crippen molar-refractivity contribution in [1.29, 1.82) is 0 Å². The molecule has 3 fully saturated rings. The van der Waals surface area contributed by atoms with Crippen molar-refractivity contribution < 1.29 is 19.1 Å². The smallest absolute Gasteiger partial charge is 0.318 e. The summed E-state index contributed by atoms with van der Waals surface area (Å²) in [5.74, 6) is 1.66. The summed E-state index contributed by atoms with van der Waals surface area (Å²) in [6.45, 7) is 4.09. The Hall–Kier alpha value is -5.04. The number of nitrogens with two attached hydrogens (primary N) is 1. The number of nitrogens with one attached hydrogen (secondary N) is 2. The van der Waals surface area contributed by atoms with E-state index in [0.29, 0.717) is 31.2 Å². The average Bonchev–Trinajstić information content (AvgIpc) is 3.48. The largest absolute Gasteiger partial charge is 0.457 e. The van der Waals surface area contributed by atoms with Crippen LogP contribution in [0.25, 0.3) is 22.3 Å². The highest BCUT2D eigenvalue weighted by Crippen LogP contribution is 2.35. The summed E-state index contributed by atoms with van der Waals surface area (Å²) in [5, 5.41) is 10.9. The van der Waals surface area contributed by atoms with E-state index in [1.165, 1.54) is 6.33 Å². The zero-order valence-corrected chi connectivity index (χ0v) is 26.2. The highest BCUT2D eigenvalue weighted by molar-refractivity contribution is 6.01. The number of para-hydroxylation sites is 1. The predicted octanol–water partition coefficient (Wildman–Crippen LogP) is 3.73. The SMILES string of the molecule is Nc1ncnc2c1c(-c1ccc(Oc3ccccc3)cc1)nn2C1CCCN(CC2CCN(C(=O)NC3CCC(=O)NC3=O)CC2)C1. The summed E-state index contributed by atoms with van der Waals surface area (Å²) in [5.41, 5.74) is 8.82. The Morgan fingerprint density at radius 3 is 2.49 bits per heavy atom. The van der Waals surface area contributed by atoms with Gasteiger partial charge in [0, 0.05) is 38.2 Å². The molecule has 13 nitrogen and oxygen atoms in total. The maximum absolute atomic E-state index is 12.8. The lowest BCUT2D eigenvalue weighted by atomic mass is 9.95. The van der Waals surface area contributed by atoms with Gasteiger partial charge in [0.1, 0.15) is 35.4 Å². The fourth-order valence-corrected chi connectivity index (χ4v) is 6.91. The van der Waals surface area contributed by atoms with E-state index in [1.54, 1.807) is 4.90 Å². The molecule has 244 valence electrons. The number of amides is 4. The second kappa shape index (κ2) is 13.4. The van der Waals surface area contributed by atoms with Crippen molar-refractivity contribution in [2.24, 2.45) is 5.92 Å². The molecule has 47 heavy (non-hydrogen) atoms. The van der Waals surface area contributed by atoms with Crippen LogP contribution < -0.4 is 21.1 Å². The first-order valence-electron chi connectivity index (χ1n) is 16.3. The number of aromatic nitrogens is 4. The Morgan fingerprint density at radius 1 is 0.957 bits per heavy atom. The number of urea groups is 1. The average molecular weight is 638 g/mol. The first-order valence-corrected chi connectivity index (χ1v) is 16.3. The van der Waals surface area contributed by atoms with Crippen molar-refractivity contribution in [3.05, 3.63) is 60.9 Å². The third-order valence-electron chi connectivity index (χ3n) is 9.41. The number of imide groups is 1. The van der Waals surface area contributed by atoms with E-state index in [4.69, 9.17) is 15.6 Å². The number of anilines is 1. The summed E-state index contributed by atoms with van der Waals surface area (Å²) in [6.07, 6.45) is 5.90. The molecule has 13 heteroatoms. The Kier molecular flexibility index (Phi) is 8.70. The number of ether oxygens (including phenoxy) is 1. The number of carbonyl (C=O) groups excluding carboxylic acids is 3. The molecule has 3 saturated heterocycles. The van der Waals surface area contributed by atoms with E-state index in [0.717, 1.165) is 79.1 Å². The minimum absolute atomic E-state index is 0.134. The number of hydrogen-bond donors (Lipinski definition) is 3. The molecule has 4 amide bonds. The predicted molar refractivity (Wildman–Crippen MR) is 175 cm³/mol. The van der Waals surface area contributed by atoms with Gasteiger partial charge in [-0.25, -0.2) is 19.4 Å². The zero-order valence-electron chi connectivity index (χ0n) is 26.2. The molecule has 2 aromatic heterocycles. The Bertz CT molecular complexity index is 1750. The topological polar surface area (TPSA) is 161 Å². The van der Waals surface area contributed by atoms with Crippen LogP contribution in [0.4, 0.5) is 10.6 Å². The van der Waals surface area contributed by atoms with Crippen molar-refractivity contribution in [3.8, 4) is 22.8 Å². The molecule has 5 heterocycles. The number of carbonyl (C=O) groups is 3. The summed E-state index contributed by atoms with van der Waals surface area (Å²) in [4.78, 5) is 49.5. The molecule has 0 saturated carbocycles. The minimum Gasteiger partial charge on any atom is -0.457 e. The summed E-state index contributed by atoms with van der Waals surface area (Å²) in [7, 11) is 0. The molecule has 4 N–H and O–H groups in total. The molecule has 0 bridgehead atoms. The molecule has 0 aliphatic carbocycles. The van der Waals surface area contributed by atoms with Crippen LogP contribution in [0.3, 0.4) is 0 Å². The van der Waals surface area contributed by atoms with Crippen molar-refractivity contribution in [3.63, 3.8) is 0 Å². The number of fused-ring (bicyclic) bond motifs is 1. The van der Waals surface area contributed by atoms with Crippen LogP contribution in [0.5, 0.6) is 11.5 Å². The zero-order chi connectivity index (χ0) is 32.3. The first-order chi connectivity index (χ1) is 22.9. The lowest BCUT2D eigenvalue weighted by Crippen LogP contribution is -2.56. The van der Waals surface area contributed by atoms with Gasteiger partial charge in [0.25, 0.3) is 0 Å². The number of nitrogens with zero attached hydrogens (tertiary/aromatic N) is 6. The van der Waals surface area contributed by atoms with Crippen molar-refractivity contribution in [2.75, 3.05) is 38.5 Å². The third-order valence-corrected chi connectivity index (χ3v) is 9.41. The molecule has 2 aromatic carbocycles. The van der Waals surface area contributed by atoms with E-state index in [9.17, 15) is 14.4 Å². The lowest BCUT2D eigenvalue weighted by molar-refractivity contribution is -0.134. The lowest BCUT2D eigenvalue weighted by Gasteiger charge is -2.38. The first kappa shape index (κ1) is 30.6. The molecular formula is C34H39N9O4. The summed E-state index contributed by atoms with van der Waals surface area (Å²) in [6, 6.07) is 16.7. The molecule has 3 aliphatic rings. The second-order valence-corrected chi connectivity index (χ2v) is 12.6. The highest BCUT2D eigenvalue weighted by Gasteiger charge is 2.32. The van der Waals surface area contributed by atoms with Gasteiger partial charge in [0.05, 0.1) is 11.4 Å². The van der Waals surface area contributed by atoms with Gasteiger partial charge in [0.2, 0.25) is 11.8 Å². The van der Waals surface area contributed by atoms with E-state index in [2.05, 4.69) is 25.5 Å². The van der Waals surface area contributed by atoms with Crippen LogP contribution in [-0.2, 0) is 9.59 Å². The van der Waals surface area contributed by atoms with Crippen LogP contribution in [0.2, 0.25) is 0 Å². The summed E-state index contributed by atoms with van der Waals surface area (Å²) < 4.78 is 8.02. The monoisotopic (exact) mass is 637 g/mol. The van der Waals surface area contributed by atoms with Gasteiger partial charge in [0.15, 0.2) is 5.65 Å². The molecule has 0 radical (unpaired) electrons. The number of piperidine rings is 3. The van der Waals surface area contributed by atoms with E-state index < -0.39 is 11.9 Å².